The van der Waals surface area contributed by atoms with Gasteiger partial charge in [0.1, 0.15) is 0 Å². The van der Waals surface area contributed by atoms with Crippen molar-refractivity contribution < 1.29 is 9.90 Å². The lowest BCUT2D eigenvalue weighted by Crippen LogP contribution is -2.15. The van der Waals surface area contributed by atoms with Gasteiger partial charge in [0.05, 0.1) is 6.42 Å². The molecule has 1 saturated carbocycles. The summed E-state index contributed by atoms with van der Waals surface area (Å²) < 4.78 is 0. The second kappa shape index (κ2) is 4.99. The highest BCUT2D eigenvalue weighted by Crippen LogP contribution is 2.46. The molecule has 102 valence electrons. The highest BCUT2D eigenvalue weighted by atomic mass is 16.4. The number of benzene rings is 1. The highest BCUT2D eigenvalue weighted by Gasteiger charge is 2.35. The van der Waals surface area contributed by atoms with Crippen molar-refractivity contribution in [3.63, 3.8) is 0 Å². The van der Waals surface area contributed by atoms with E-state index in [1.165, 1.54) is 54.4 Å². The Balaban J connectivity index is 2.00. The van der Waals surface area contributed by atoms with Crippen LogP contribution < -0.4 is 0 Å². The maximum absolute atomic E-state index is 11.2. The number of aryl methyl sites for hydroxylation is 1. The lowest BCUT2D eigenvalue weighted by molar-refractivity contribution is -0.137. The number of aliphatic carboxylic acids is 1. The monoisotopic (exact) mass is 258 g/mol. The first kappa shape index (κ1) is 12.7. The SMILES string of the molecule is Cc1ccc(C(CC(=O)O)C2CC2)c2c1CCCC2. The molecule has 1 aromatic rings. The van der Waals surface area contributed by atoms with Crippen molar-refractivity contribution in [1.29, 1.82) is 0 Å². The maximum Gasteiger partial charge on any atom is 0.303 e. The van der Waals surface area contributed by atoms with Crippen LogP contribution in [0.2, 0.25) is 0 Å². The Kier molecular flexibility index (Phi) is 3.34. The molecule has 0 spiro atoms. The van der Waals surface area contributed by atoms with Gasteiger partial charge in [-0.3, -0.25) is 4.79 Å². The van der Waals surface area contributed by atoms with Crippen LogP contribution in [0.4, 0.5) is 0 Å². The van der Waals surface area contributed by atoms with E-state index in [0.29, 0.717) is 12.3 Å². The van der Waals surface area contributed by atoms with E-state index in [-0.39, 0.29) is 5.92 Å². The number of fused-ring (bicyclic) bond motifs is 1. The van der Waals surface area contributed by atoms with Crippen LogP contribution in [-0.2, 0) is 17.6 Å². The summed E-state index contributed by atoms with van der Waals surface area (Å²) in [4.78, 5) is 11.2. The van der Waals surface area contributed by atoms with Crippen molar-refractivity contribution >= 4 is 5.97 Å². The third-order valence-corrected chi connectivity index (χ3v) is 4.79. The first-order chi connectivity index (χ1) is 9.16. The molecule has 0 heterocycles. The Hall–Kier alpha value is -1.31. The molecule has 0 saturated heterocycles. The Bertz CT molecular complexity index is 500. The summed E-state index contributed by atoms with van der Waals surface area (Å²) in [6, 6.07) is 4.42. The standard InChI is InChI=1S/C17H22O2/c1-11-6-9-15(14-5-3-2-4-13(11)14)16(10-17(18)19)12-7-8-12/h6,9,12,16H,2-5,7-8,10H2,1H3,(H,18,19). The van der Waals surface area contributed by atoms with Crippen LogP contribution in [0.25, 0.3) is 0 Å². The number of carboxylic acid groups (broad SMARTS) is 1. The Morgan fingerprint density at radius 2 is 1.95 bits per heavy atom. The fraction of sp³-hybridized carbons (Fsp3) is 0.588. The molecule has 1 aromatic carbocycles. The second-order valence-corrected chi connectivity index (χ2v) is 6.18. The predicted octanol–water partition coefficient (Wildman–Crippen LogP) is 3.84. The number of rotatable bonds is 4. The zero-order valence-corrected chi connectivity index (χ0v) is 11.6. The molecule has 1 atom stereocenters. The first-order valence-corrected chi connectivity index (χ1v) is 7.50. The van der Waals surface area contributed by atoms with E-state index in [1.54, 1.807) is 0 Å². The van der Waals surface area contributed by atoms with Crippen molar-refractivity contribution in [2.75, 3.05) is 0 Å². The van der Waals surface area contributed by atoms with Gasteiger partial charge in [-0.15, -0.1) is 0 Å². The first-order valence-electron chi connectivity index (χ1n) is 7.50. The largest absolute Gasteiger partial charge is 0.481 e. The average molecular weight is 258 g/mol. The van der Waals surface area contributed by atoms with E-state index in [2.05, 4.69) is 19.1 Å². The third kappa shape index (κ3) is 2.54. The normalized spacial score (nSPS) is 19.8. The summed E-state index contributed by atoms with van der Waals surface area (Å²) in [5, 5.41) is 9.18. The van der Waals surface area contributed by atoms with Crippen molar-refractivity contribution in [3.05, 3.63) is 34.4 Å². The van der Waals surface area contributed by atoms with E-state index < -0.39 is 5.97 Å². The minimum absolute atomic E-state index is 0.255. The summed E-state index contributed by atoms with van der Waals surface area (Å²) in [6.07, 6.45) is 7.59. The van der Waals surface area contributed by atoms with Crippen molar-refractivity contribution in [3.8, 4) is 0 Å². The second-order valence-electron chi connectivity index (χ2n) is 6.18. The molecule has 1 fully saturated rings. The van der Waals surface area contributed by atoms with Gasteiger partial charge >= 0.3 is 5.97 Å². The van der Waals surface area contributed by atoms with Gasteiger partial charge in [-0.25, -0.2) is 0 Å². The molecule has 0 radical (unpaired) electrons. The van der Waals surface area contributed by atoms with Crippen molar-refractivity contribution in [2.24, 2.45) is 5.92 Å². The topological polar surface area (TPSA) is 37.3 Å². The molecule has 0 aromatic heterocycles. The molecule has 3 rings (SSSR count). The molecule has 0 amide bonds. The minimum atomic E-state index is -0.651. The van der Waals surface area contributed by atoms with E-state index in [0.717, 1.165) is 6.42 Å². The Labute approximate surface area is 114 Å². The summed E-state index contributed by atoms with van der Waals surface area (Å²) in [5.74, 6) is 0.219. The summed E-state index contributed by atoms with van der Waals surface area (Å²) in [7, 11) is 0. The molecular formula is C17H22O2. The van der Waals surface area contributed by atoms with E-state index in [9.17, 15) is 9.90 Å². The lowest BCUT2D eigenvalue weighted by Gasteiger charge is -2.26. The van der Waals surface area contributed by atoms with Crippen LogP contribution >= 0.6 is 0 Å². The number of hydrogen-bond acceptors (Lipinski definition) is 1. The van der Waals surface area contributed by atoms with Crippen molar-refractivity contribution in [1.82, 2.24) is 0 Å². The number of carbonyl (C=O) groups is 1. The van der Waals surface area contributed by atoms with Gasteiger partial charge in [0.25, 0.3) is 0 Å². The smallest absolute Gasteiger partial charge is 0.303 e. The molecule has 0 bridgehead atoms. The van der Waals surface area contributed by atoms with Crippen LogP contribution in [0.5, 0.6) is 0 Å². The molecule has 2 heteroatoms. The van der Waals surface area contributed by atoms with E-state index in [4.69, 9.17) is 0 Å². The van der Waals surface area contributed by atoms with Gasteiger partial charge in [0.15, 0.2) is 0 Å². The fourth-order valence-electron chi connectivity index (χ4n) is 3.64. The van der Waals surface area contributed by atoms with Gasteiger partial charge in [-0.1, -0.05) is 12.1 Å². The molecule has 1 unspecified atom stereocenters. The molecule has 0 aliphatic heterocycles. The van der Waals surface area contributed by atoms with E-state index in [1.807, 2.05) is 0 Å². The van der Waals surface area contributed by atoms with Gasteiger partial charge < -0.3 is 5.11 Å². The summed E-state index contributed by atoms with van der Waals surface area (Å²) in [5.41, 5.74) is 5.75. The van der Waals surface area contributed by atoms with E-state index >= 15 is 0 Å². The number of hydrogen-bond donors (Lipinski definition) is 1. The quantitative estimate of drug-likeness (QED) is 0.890. The van der Waals surface area contributed by atoms with Crippen LogP contribution in [0.3, 0.4) is 0 Å². The van der Waals surface area contributed by atoms with Crippen LogP contribution in [0.1, 0.15) is 60.3 Å². The summed E-state index contributed by atoms with van der Waals surface area (Å²) in [6.45, 7) is 2.19. The molecule has 2 aliphatic rings. The number of carboxylic acids is 1. The van der Waals surface area contributed by atoms with Gasteiger partial charge in [-0.05, 0) is 79.5 Å². The lowest BCUT2D eigenvalue weighted by atomic mass is 9.79. The highest BCUT2D eigenvalue weighted by molar-refractivity contribution is 5.68. The average Bonchev–Trinajstić information content (AvgIpc) is 3.21. The Morgan fingerprint density at radius 3 is 2.58 bits per heavy atom. The van der Waals surface area contributed by atoms with Crippen LogP contribution in [0, 0.1) is 12.8 Å². The van der Waals surface area contributed by atoms with Crippen LogP contribution in [0.15, 0.2) is 12.1 Å². The van der Waals surface area contributed by atoms with Crippen LogP contribution in [-0.4, -0.2) is 11.1 Å². The zero-order chi connectivity index (χ0) is 13.4. The molecule has 2 nitrogen and oxygen atoms in total. The minimum Gasteiger partial charge on any atom is -0.481 e. The molecule has 19 heavy (non-hydrogen) atoms. The maximum atomic E-state index is 11.2. The Morgan fingerprint density at radius 1 is 1.26 bits per heavy atom. The summed E-state index contributed by atoms with van der Waals surface area (Å²) >= 11 is 0. The fourth-order valence-corrected chi connectivity index (χ4v) is 3.64. The van der Waals surface area contributed by atoms with Crippen molar-refractivity contribution in [2.45, 2.75) is 57.8 Å². The predicted molar refractivity (Wildman–Crippen MR) is 75.5 cm³/mol. The third-order valence-electron chi connectivity index (χ3n) is 4.79. The van der Waals surface area contributed by atoms with Gasteiger partial charge in [-0.2, -0.15) is 0 Å². The molecule has 1 N–H and O–H groups in total. The van der Waals surface area contributed by atoms with Gasteiger partial charge in [0, 0.05) is 0 Å². The molecule has 2 aliphatic carbocycles. The van der Waals surface area contributed by atoms with Gasteiger partial charge in [0.2, 0.25) is 0 Å². The zero-order valence-electron chi connectivity index (χ0n) is 11.6. The molecular weight excluding hydrogens is 236 g/mol.